The molecule has 1 nitrogen and oxygen atoms in total. The number of halogens is 1. The summed E-state index contributed by atoms with van der Waals surface area (Å²) in [5, 5.41) is 10.5. The normalized spacial score (nSPS) is 18.9. The highest BCUT2D eigenvalue weighted by atomic mass is 19.1. The van der Waals surface area contributed by atoms with Gasteiger partial charge in [0.2, 0.25) is 0 Å². The Morgan fingerprint density at radius 3 is 2.90 bits per heavy atom. The third-order valence-electron chi connectivity index (χ3n) is 4.38. The quantitative estimate of drug-likeness (QED) is 0.900. The lowest BCUT2D eigenvalue weighted by Crippen LogP contribution is -2.20. The largest absolute Gasteiger partial charge is 0.392 e. The molecule has 0 bridgehead atoms. The van der Waals surface area contributed by atoms with Crippen LogP contribution in [0.25, 0.3) is 0 Å². The van der Waals surface area contributed by atoms with Crippen LogP contribution in [0.2, 0.25) is 0 Å². The lowest BCUT2D eigenvalue weighted by atomic mass is 9.90. The summed E-state index contributed by atoms with van der Waals surface area (Å²) in [5.74, 6) is -0.0570. The van der Waals surface area contributed by atoms with Gasteiger partial charge >= 0.3 is 0 Å². The zero-order valence-corrected chi connectivity index (χ0v) is 11.6. The summed E-state index contributed by atoms with van der Waals surface area (Å²) < 4.78 is 13.3. The minimum atomic E-state index is -0.445. The third-order valence-corrected chi connectivity index (χ3v) is 4.38. The maximum atomic E-state index is 13.3. The fourth-order valence-corrected chi connectivity index (χ4v) is 3.22. The van der Waals surface area contributed by atoms with Gasteiger partial charge in [0.15, 0.2) is 0 Å². The van der Waals surface area contributed by atoms with Crippen LogP contribution < -0.4 is 0 Å². The zero-order chi connectivity index (χ0) is 14.1. The first kappa shape index (κ1) is 13.3. The average Bonchev–Trinajstić information content (AvgIpc) is 2.87. The molecule has 1 N–H and O–H groups in total. The Hall–Kier alpha value is -1.67. The zero-order valence-electron chi connectivity index (χ0n) is 11.6. The van der Waals surface area contributed by atoms with Gasteiger partial charge in [-0.15, -0.1) is 0 Å². The Labute approximate surface area is 119 Å². The van der Waals surface area contributed by atoms with E-state index >= 15 is 0 Å². The molecular weight excluding hydrogens is 251 g/mol. The van der Waals surface area contributed by atoms with Crippen LogP contribution in [0, 0.1) is 12.7 Å². The standard InChI is InChI=1S/C18H19FO/c1-12-6-8-15(19)10-14(12)11-18(20)17-9-7-13-4-2-3-5-16(13)17/h2-6,8,10,17-18,20H,7,9,11H2,1H3. The number of benzene rings is 2. The fourth-order valence-electron chi connectivity index (χ4n) is 3.22. The molecule has 0 saturated heterocycles. The first-order chi connectivity index (χ1) is 9.65. The van der Waals surface area contributed by atoms with Crippen LogP contribution in [-0.4, -0.2) is 11.2 Å². The average molecular weight is 270 g/mol. The van der Waals surface area contributed by atoms with Crippen molar-refractivity contribution in [1.29, 1.82) is 0 Å². The van der Waals surface area contributed by atoms with Crippen molar-refractivity contribution in [2.45, 2.75) is 38.2 Å². The summed E-state index contributed by atoms with van der Waals surface area (Å²) in [6.45, 7) is 1.96. The lowest BCUT2D eigenvalue weighted by molar-refractivity contribution is 0.143. The van der Waals surface area contributed by atoms with Crippen LogP contribution in [0.3, 0.4) is 0 Å². The Morgan fingerprint density at radius 1 is 1.25 bits per heavy atom. The molecule has 2 aromatic rings. The van der Waals surface area contributed by atoms with Crippen molar-refractivity contribution in [3.05, 3.63) is 70.5 Å². The van der Waals surface area contributed by atoms with Crippen LogP contribution in [0.4, 0.5) is 4.39 Å². The van der Waals surface area contributed by atoms with Crippen molar-refractivity contribution in [2.24, 2.45) is 0 Å². The van der Waals surface area contributed by atoms with E-state index in [4.69, 9.17) is 0 Å². The molecule has 2 heteroatoms. The van der Waals surface area contributed by atoms with Crippen LogP contribution in [0.1, 0.15) is 34.6 Å². The van der Waals surface area contributed by atoms with E-state index in [0.717, 1.165) is 24.0 Å². The molecule has 20 heavy (non-hydrogen) atoms. The second-order valence-corrected chi connectivity index (χ2v) is 5.69. The highest BCUT2D eigenvalue weighted by Crippen LogP contribution is 2.36. The maximum Gasteiger partial charge on any atom is 0.123 e. The van der Waals surface area contributed by atoms with Crippen LogP contribution in [0.15, 0.2) is 42.5 Å². The lowest BCUT2D eigenvalue weighted by Gasteiger charge is -2.20. The summed E-state index contributed by atoms with van der Waals surface area (Å²) >= 11 is 0. The molecule has 0 amide bonds. The van der Waals surface area contributed by atoms with Crippen molar-refractivity contribution < 1.29 is 9.50 Å². The molecule has 0 fully saturated rings. The Morgan fingerprint density at radius 2 is 2.05 bits per heavy atom. The summed E-state index contributed by atoms with van der Waals surface area (Å²) in [7, 11) is 0. The molecule has 0 aromatic heterocycles. The van der Waals surface area contributed by atoms with Crippen molar-refractivity contribution in [2.75, 3.05) is 0 Å². The fraction of sp³-hybridized carbons (Fsp3) is 0.333. The molecule has 1 aliphatic rings. The van der Waals surface area contributed by atoms with Gasteiger partial charge in [-0.25, -0.2) is 4.39 Å². The van der Waals surface area contributed by atoms with E-state index in [1.165, 1.54) is 17.2 Å². The first-order valence-corrected chi connectivity index (χ1v) is 7.16. The van der Waals surface area contributed by atoms with E-state index in [1.54, 1.807) is 12.1 Å². The predicted octanol–water partition coefficient (Wildman–Crippen LogP) is 3.77. The van der Waals surface area contributed by atoms with E-state index < -0.39 is 6.10 Å². The molecule has 2 unspecified atom stereocenters. The van der Waals surface area contributed by atoms with Gasteiger partial charge in [0.05, 0.1) is 6.10 Å². The molecule has 104 valence electrons. The molecule has 0 spiro atoms. The molecule has 0 saturated carbocycles. The van der Waals surface area contributed by atoms with Gasteiger partial charge in [0.1, 0.15) is 5.82 Å². The highest BCUT2D eigenvalue weighted by Gasteiger charge is 2.28. The molecule has 0 heterocycles. The van der Waals surface area contributed by atoms with Gasteiger partial charge in [-0.1, -0.05) is 30.3 Å². The SMILES string of the molecule is Cc1ccc(F)cc1CC(O)C1CCc2ccccc21. The third kappa shape index (κ3) is 2.48. The van der Waals surface area contributed by atoms with Crippen molar-refractivity contribution in [1.82, 2.24) is 0 Å². The first-order valence-electron chi connectivity index (χ1n) is 7.16. The number of aliphatic hydroxyl groups is 1. The molecule has 2 aromatic carbocycles. The molecule has 0 aliphatic heterocycles. The van der Waals surface area contributed by atoms with Crippen molar-refractivity contribution in [3.8, 4) is 0 Å². The molecule has 3 rings (SSSR count). The summed E-state index contributed by atoms with van der Waals surface area (Å²) in [6.07, 6.45) is 2.08. The number of fused-ring (bicyclic) bond motifs is 1. The van der Waals surface area contributed by atoms with Crippen LogP contribution in [0.5, 0.6) is 0 Å². The van der Waals surface area contributed by atoms with E-state index in [0.29, 0.717) is 6.42 Å². The summed E-state index contributed by atoms with van der Waals surface area (Å²) in [4.78, 5) is 0. The minimum absolute atomic E-state index is 0.175. The van der Waals surface area contributed by atoms with E-state index in [1.807, 2.05) is 19.1 Å². The molecular formula is C18H19FO. The number of hydrogen-bond acceptors (Lipinski definition) is 1. The molecule has 2 atom stereocenters. The second kappa shape index (κ2) is 5.37. The number of hydrogen-bond donors (Lipinski definition) is 1. The van der Waals surface area contributed by atoms with Gasteiger partial charge in [0.25, 0.3) is 0 Å². The van der Waals surface area contributed by atoms with Gasteiger partial charge in [-0.05, 0) is 60.6 Å². The highest BCUT2D eigenvalue weighted by molar-refractivity contribution is 5.36. The number of aryl methyl sites for hydroxylation is 2. The smallest absolute Gasteiger partial charge is 0.123 e. The topological polar surface area (TPSA) is 20.2 Å². The van der Waals surface area contributed by atoms with Gasteiger partial charge < -0.3 is 5.11 Å². The monoisotopic (exact) mass is 270 g/mol. The maximum absolute atomic E-state index is 13.3. The molecule has 1 aliphatic carbocycles. The van der Waals surface area contributed by atoms with Gasteiger partial charge in [0, 0.05) is 5.92 Å². The minimum Gasteiger partial charge on any atom is -0.392 e. The predicted molar refractivity (Wildman–Crippen MR) is 78.4 cm³/mol. The Bertz CT molecular complexity index is 621. The van der Waals surface area contributed by atoms with Gasteiger partial charge in [-0.2, -0.15) is 0 Å². The van der Waals surface area contributed by atoms with Crippen molar-refractivity contribution in [3.63, 3.8) is 0 Å². The molecule has 0 radical (unpaired) electrons. The summed E-state index contributed by atoms with van der Waals surface area (Å²) in [5.41, 5.74) is 4.54. The Kier molecular flexibility index (Phi) is 3.58. The van der Waals surface area contributed by atoms with E-state index in [9.17, 15) is 9.50 Å². The number of aliphatic hydroxyl groups excluding tert-OH is 1. The van der Waals surface area contributed by atoms with E-state index in [2.05, 4.69) is 12.1 Å². The van der Waals surface area contributed by atoms with Gasteiger partial charge in [-0.3, -0.25) is 0 Å². The van der Waals surface area contributed by atoms with E-state index in [-0.39, 0.29) is 11.7 Å². The Balaban J connectivity index is 1.81. The van der Waals surface area contributed by atoms with Crippen LogP contribution in [-0.2, 0) is 12.8 Å². The number of rotatable bonds is 3. The summed E-state index contributed by atoms with van der Waals surface area (Å²) in [6, 6.07) is 13.1. The second-order valence-electron chi connectivity index (χ2n) is 5.69. The van der Waals surface area contributed by atoms with Crippen molar-refractivity contribution >= 4 is 0 Å². The van der Waals surface area contributed by atoms with Crippen LogP contribution >= 0.6 is 0 Å².